The molecule has 2 aromatic rings. The summed E-state index contributed by atoms with van der Waals surface area (Å²) in [4.78, 5) is 0. The lowest BCUT2D eigenvalue weighted by Gasteiger charge is -2.19. The van der Waals surface area contributed by atoms with E-state index in [2.05, 4.69) is 32.2 Å². The van der Waals surface area contributed by atoms with E-state index in [0.717, 1.165) is 16.9 Å². The summed E-state index contributed by atoms with van der Waals surface area (Å²) in [5, 5.41) is 3.46. The normalized spacial score (nSPS) is 12.4. The van der Waals surface area contributed by atoms with Crippen LogP contribution in [-0.2, 0) is 6.54 Å². The Balaban J connectivity index is 1.99. The van der Waals surface area contributed by atoms with Gasteiger partial charge in [0.25, 0.3) is 0 Å². The Hall–Kier alpha value is -1.87. The fourth-order valence-electron chi connectivity index (χ4n) is 2.21. The van der Waals surface area contributed by atoms with Gasteiger partial charge >= 0.3 is 0 Å². The van der Waals surface area contributed by atoms with E-state index in [9.17, 15) is 4.39 Å². The van der Waals surface area contributed by atoms with Crippen LogP contribution >= 0.6 is 0 Å². The van der Waals surface area contributed by atoms with Crippen LogP contribution in [0.2, 0.25) is 0 Å². The number of hydrogen-bond acceptors (Lipinski definition) is 2. The van der Waals surface area contributed by atoms with Crippen molar-refractivity contribution in [3.05, 3.63) is 65.5 Å². The van der Waals surface area contributed by atoms with Crippen molar-refractivity contribution in [3.63, 3.8) is 0 Å². The first-order chi connectivity index (χ1) is 10.6. The van der Waals surface area contributed by atoms with Crippen LogP contribution in [0.15, 0.2) is 48.5 Å². The number of ether oxygens (including phenoxy) is 1. The Morgan fingerprint density at radius 2 is 1.68 bits per heavy atom. The summed E-state index contributed by atoms with van der Waals surface area (Å²) < 4.78 is 18.8. The van der Waals surface area contributed by atoms with E-state index in [-0.39, 0.29) is 11.9 Å². The zero-order chi connectivity index (χ0) is 15.9. The van der Waals surface area contributed by atoms with Gasteiger partial charge in [-0.25, -0.2) is 4.39 Å². The van der Waals surface area contributed by atoms with E-state index in [4.69, 9.17) is 4.74 Å². The maximum absolute atomic E-state index is 12.9. The lowest BCUT2D eigenvalue weighted by molar-refractivity contribution is 0.266. The Morgan fingerprint density at radius 1 is 1.00 bits per heavy atom. The van der Waals surface area contributed by atoms with Crippen LogP contribution in [0.1, 0.15) is 37.9 Å². The topological polar surface area (TPSA) is 21.3 Å². The van der Waals surface area contributed by atoms with Crippen molar-refractivity contribution in [1.82, 2.24) is 5.32 Å². The van der Waals surface area contributed by atoms with Gasteiger partial charge in [0.2, 0.25) is 0 Å². The molecule has 2 nitrogen and oxygen atoms in total. The highest BCUT2D eigenvalue weighted by Gasteiger charge is 2.11. The maximum Gasteiger partial charge on any atom is 0.124 e. The van der Waals surface area contributed by atoms with Crippen LogP contribution in [0.25, 0.3) is 0 Å². The summed E-state index contributed by atoms with van der Waals surface area (Å²) >= 11 is 0. The smallest absolute Gasteiger partial charge is 0.124 e. The van der Waals surface area contributed by atoms with Crippen LogP contribution in [-0.4, -0.2) is 6.61 Å². The average molecular weight is 301 g/mol. The number of halogens is 1. The van der Waals surface area contributed by atoms with Crippen molar-refractivity contribution in [2.45, 2.75) is 33.4 Å². The molecule has 22 heavy (non-hydrogen) atoms. The first-order valence-corrected chi connectivity index (χ1v) is 7.76. The SMILES string of the molecule is CC(C)COc1ccccc1C(C)NCc1ccc(F)cc1. The van der Waals surface area contributed by atoms with Crippen molar-refractivity contribution in [2.75, 3.05) is 6.61 Å². The second-order valence-electron chi connectivity index (χ2n) is 5.97. The van der Waals surface area contributed by atoms with Gasteiger partial charge < -0.3 is 10.1 Å². The zero-order valence-electron chi connectivity index (χ0n) is 13.5. The average Bonchev–Trinajstić information content (AvgIpc) is 2.52. The third-order valence-electron chi connectivity index (χ3n) is 3.48. The van der Waals surface area contributed by atoms with Crippen molar-refractivity contribution in [3.8, 4) is 5.75 Å². The minimum Gasteiger partial charge on any atom is -0.493 e. The minimum absolute atomic E-state index is 0.161. The quantitative estimate of drug-likeness (QED) is 0.799. The van der Waals surface area contributed by atoms with Gasteiger partial charge in [0.05, 0.1) is 6.61 Å². The highest BCUT2D eigenvalue weighted by atomic mass is 19.1. The molecule has 0 aliphatic heterocycles. The summed E-state index contributed by atoms with van der Waals surface area (Å²) in [5.41, 5.74) is 2.21. The second kappa shape index (κ2) is 7.95. The lowest BCUT2D eigenvalue weighted by atomic mass is 10.1. The number of rotatable bonds is 7. The molecule has 0 bridgehead atoms. The van der Waals surface area contributed by atoms with Crippen molar-refractivity contribution in [2.24, 2.45) is 5.92 Å². The van der Waals surface area contributed by atoms with Gasteiger partial charge in [-0.2, -0.15) is 0 Å². The summed E-state index contributed by atoms with van der Waals surface area (Å²) in [6.45, 7) is 7.79. The second-order valence-corrected chi connectivity index (χ2v) is 5.97. The molecule has 1 N–H and O–H groups in total. The van der Waals surface area contributed by atoms with E-state index in [1.807, 2.05) is 18.2 Å². The number of para-hydroxylation sites is 1. The first kappa shape index (κ1) is 16.5. The highest BCUT2D eigenvalue weighted by molar-refractivity contribution is 5.35. The predicted octanol–water partition coefficient (Wildman–Crippen LogP) is 4.71. The summed E-state index contributed by atoms with van der Waals surface area (Å²) in [7, 11) is 0. The van der Waals surface area contributed by atoms with Gasteiger partial charge in [-0.05, 0) is 36.6 Å². The third kappa shape index (κ3) is 4.85. The fourth-order valence-corrected chi connectivity index (χ4v) is 2.21. The maximum atomic E-state index is 12.9. The molecule has 0 heterocycles. The molecular weight excluding hydrogens is 277 g/mol. The Kier molecular flexibility index (Phi) is 5.96. The van der Waals surface area contributed by atoms with E-state index in [1.54, 1.807) is 12.1 Å². The molecule has 0 radical (unpaired) electrons. The first-order valence-electron chi connectivity index (χ1n) is 7.76. The number of nitrogens with one attached hydrogen (secondary N) is 1. The van der Waals surface area contributed by atoms with Crippen molar-refractivity contribution in [1.29, 1.82) is 0 Å². The van der Waals surface area contributed by atoms with E-state index >= 15 is 0 Å². The summed E-state index contributed by atoms with van der Waals surface area (Å²) in [5.74, 6) is 1.22. The highest BCUT2D eigenvalue weighted by Crippen LogP contribution is 2.25. The molecule has 0 aromatic heterocycles. The largest absolute Gasteiger partial charge is 0.493 e. The predicted molar refractivity (Wildman–Crippen MR) is 88.4 cm³/mol. The fraction of sp³-hybridized carbons (Fsp3) is 0.368. The Bertz CT molecular complexity index is 580. The van der Waals surface area contributed by atoms with Crippen LogP contribution in [0.3, 0.4) is 0 Å². The van der Waals surface area contributed by atoms with Gasteiger partial charge in [0, 0.05) is 18.2 Å². The molecule has 0 aliphatic rings. The van der Waals surface area contributed by atoms with Crippen LogP contribution in [0.4, 0.5) is 4.39 Å². The lowest BCUT2D eigenvalue weighted by Crippen LogP contribution is -2.19. The molecule has 0 amide bonds. The van der Waals surface area contributed by atoms with Gasteiger partial charge in [-0.3, -0.25) is 0 Å². The van der Waals surface area contributed by atoms with E-state index in [1.165, 1.54) is 12.1 Å². The standard InChI is InChI=1S/C19H24FNO/c1-14(2)13-22-19-7-5-4-6-18(19)15(3)21-12-16-8-10-17(20)11-9-16/h4-11,14-15,21H,12-13H2,1-3H3. The number of benzene rings is 2. The van der Waals surface area contributed by atoms with Crippen molar-refractivity contribution < 1.29 is 9.13 Å². The van der Waals surface area contributed by atoms with Gasteiger partial charge in [-0.15, -0.1) is 0 Å². The van der Waals surface area contributed by atoms with Crippen LogP contribution in [0, 0.1) is 11.7 Å². The van der Waals surface area contributed by atoms with Gasteiger partial charge in [0.15, 0.2) is 0 Å². The number of hydrogen-bond donors (Lipinski definition) is 1. The van der Waals surface area contributed by atoms with Crippen LogP contribution in [0.5, 0.6) is 5.75 Å². The molecule has 0 fully saturated rings. The molecule has 1 atom stereocenters. The Labute approximate surface area is 132 Å². The van der Waals surface area contributed by atoms with E-state index in [0.29, 0.717) is 19.1 Å². The molecule has 1 unspecified atom stereocenters. The molecule has 0 saturated carbocycles. The monoisotopic (exact) mass is 301 g/mol. The molecular formula is C19H24FNO. The third-order valence-corrected chi connectivity index (χ3v) is 3.48. The summed E-state index contributed by atoms with van der Waals surface area (Å²) in [6.07, 6.45) is 0. The molecule has 0 saturated heterocycles. The molecule has 118 valence electrons. The zero-order valence-corrected chi connectivity index (χ0v) is 13.5. The molecule has 3 heteroatoms. The Morgan fingerprint density at radius 3 is 2.36 bits per heavy atom. The van der Waals surface area contributed by atoms with Crippen LogP contribution < -0.4 is 10.1 Å². The molecule has 0 spiro atoms. The molecule has 2 rings (SSSR count). The van der Waals surface area contributed by atoms with Crippen molar-refractivity contribution >= 4 is 0 Å². The minimum atomic E-state index is -0.204. The van der Waals surface area contributed by atoms with Gasteiger partial charge in [-0.1, -0.05) is 44.2 Å². The van der Waals surface area contributed by atoms with Gasteiger partial charge in [0.1, 0.15) is 11.6 Å². The molecule has 0 aliphatic carbocycles. The molecule has 2 aromatic carbocycles. The summed E-state index contributed by atoms with van der Waals surface area (Å²) in [6, 6.07) is 14.8. The van der Waals surface area contributed by atoms with E-state index < -0.39 is 0 Å².